The van der Waals surface area contributed by atoms with Gasteiger partial charge >= 0.3 is 0 Å². The summed E-state index contributed by atoms with van der Waals surface area (Å²) >= 11 is 1.85. The lowest BCUT2D eigenvalue weighted by Gasteiger charge is -2.47. The van der Waals surface area contributed by atoms with E-state index >= 15 is 0 Å². The van der Waals surface area contributed by atoms with E-state index in [0.717, 1.165) is 17.8 Å². The fraction of sp³-hybridized carbons (Fsp3) is 0.550. The van der Waals surface area contributed by atoms with E-state index in [4.69, 9.17) is 4.98 Å². The number of hydrogen-bond acceptors (Lipinski definition) is 2. The van der Waals surface area contributed by atoms with Gasteiger partial charge in [-0.15, -0.1) is 11.3 Å². The third-order valence-electron chi connectivity index (χ3n) is 6.42. The number of hydrogen-bond donors (Lipinski definition) is 0. The molecule has 1 nitrogen and oxygen atoms in total. The summed E-state index contributed by atoms with van der Waals surface area (Å²) in [6.45, 7) is 0. The second-order valence-corrected chi connectivity index (χ2v) is 8.80. The van der Waals surface area contributed by atoms with Crippen LogP contribution in [0.25, 0.3) is 10.6 Å². The summed E-state index contributed by atoms with van der Waals surface area (Å²) < 4.78 is 0. The summed E-state index contributed by atoms with van der Waals surface area (Å²) in [5.74, 6) is 2.95. The van der Waals surface area contributed by atoms with Crippen molar-refractivity contribution in [2.45, 2.75) is 50.4 Å². The Morgan fingerprint density at radius 2 is 1.59 bits per heavy atom. The Hall–Kier alpha value is -1.15. The topological polar surface area (TPSA) is 12.9 Å². The van der Waals surface area contributed by atoms with Crippen molar-refractivity contribution in [1.29, 1.82) is 0 Å². The molecule has 4 saturated carbocycles. The fourth-order valence-corrected chi connectivity index (χ4v) is 6.68. The van der Waals surface area contributed by atoms with Crippen molar-refractivity contribution in [2.75, 3.05) is 0 Å². The highest BCUT2D eigenvalue weighted by molar-refractivity contribution is 7.13. The second kappa shape index (κ2) is 4.92. The van der Waals surface area contributed by atoms with Crippen LogP contribution in [0.4, 0.5) is 0 Å². The molecule has 0 spiro atoms. The van der Waals surface area contributed by atoms with E-state index in [-0.39, 0.29) is 0 Å². The summed E-state index contributed by atoms with van der Waals surface area (Å²) in [4.78, 5) is 5.13. The zero-order valence-corrected chi connectivity index (χ0v) is 13.8. The lowest BCUT2D eigenvalue weighted by atomic mass is 9.57. The first-order chi connectivity index (χ1) is 10.8. The number of aromatic nitrogens is 1. The fourth-order valence-electron chi connectivity index (χ4n) is 5.74. The van der Waals surface area contributed by atoms with Gasteiger partial charge in [0.25, 0.3) is 0 Å². The molecule has 4 atom stereocenters. The highest BCUT2D eigenvalue weighted by Crippen LogP contribution is 2.58. The number of thiazole rings is 1. The SMILES string of the molecule is c1ccc(-c2nc(C34CC5C[C@@H](CC[C@@H](C5)C3)C4)cs2)cc1. The standard InChI is InChI=1S/C20H23NS/c1-2-4-17(5-3-1)19-21-18(13-22-19)20-10-14-6-7-15(11-20)9-16(8-14)12-20/h1-5,13-16H,6-12H2/t14-,15+,16?,20?. The first kappa shape index (κ1) is 13.3. The molecule has 0 N–H and O–H groups in total. The Morgan fingerprint density at radius 3 is 2.32 bits per heavy atom. The summed E-state index contributed by atoms with van der Waals surface area (Å²) in [6.07, 6.45) is 10.2. The van der Waals surface area contributed by atoms with Crippen LogP contribution in [0.1, 0.15) is 50.6 Å². The van der Waals surface area contributed by atoms with Crippen molar-refractivity contribution < 1.29 is 0 Å². The zero-order chi connectivity index (χ0) is 14.6. The molecule has 6 rings (SSSR count). The van der Waals surface area contributed by atoms with E-state index < -0.39 is 0 Å². The Balaban J connectivity index is 1.53. The molecular formula is C20H23NS. The van der Waals surface area contributed by atoms with E-state index in [0.29, 0.717) is 5.41 Å². The smallest absolute Gasteiger partial charge is 0.123 e. The van der Waals surface area contributed by atoms with E-state index in [9.17, 15) is 0 Å². The normalized spacial score (nSPS) is 36.5. The van der Waals surface area contributed by atoms with Crippen LogP contribution >= 0.6 is 11.3 Å². The average Bonchev–Trinajstić information content (AvgIpc) is 2.95. The first-order valence-corrected chi connectivity index (χ1v) is 9.70. The minimum absolute atomic E-state index is 0.427. The maximum atomic E-state index is 5.13. The maximum Gasteiger partial charge on any atom is 0.123 e. The van der Waals surface area contributed by atoms with Crippen LogP contribution < -0.4 is 0 Å². The van der Waals surface area contributed by atoms with Crippen LogP contribution in [0, 0.1) is 17.8 Å². The van der Waals surface area contributed by atoms with Crippen LogP contribution in [-0.4, -0.2) is 4.98 Å². The van der Waals surface area contributed by atoms with Crippen molar-refractivity contribution in [3.8, 4) is 10.6 Å². The van der Waals surface area contributed by atoms with Gasteiger partial charge in [-0.3, -0.25) is 0 Å². The predicted octanol–water partition coefficient (Wildman–Crippen LogP) is 5.67. The first-order valence-electron chi connectivity index (χ1n) is 8.82. The molecule has 0 radical (unpaired) electrons. The Kier molecular flexibility index (Phi) is 2.98. The van der Waals surface area contributed by atoms with Crippen molar-refractivity contribution >= 4 is 11.3 Å². The van der Waals surface area contributed by atoms with Gasteiger partial charge in [-0.05, 0) is 49.9 Å². The second-order valence-electron chi connectivity index (χ2n) is 7.94. The van der Waals surface area contributed by atoms with Gasteiger partial charge in [-0.25, -0.2) is 4.98 Å². The summed E-state index contributed by atoms with van der Waals surface area (Å²) in [5.41, 5.74) is 3.13. The molecule has 4 aliphatic carbocycles. The molecule has 1 aromatic carbocycles. The van der Waals surface area contributed by atoms with E-state index in [1.807, 2.05) is 11.3 Å². The van der Waals surface area contributed by atoms with Crippen LogP contribution in [0.5, 0.6) is 0 Å². The van der Waals surface area contributed by atoms with E-state index in [1.165, 1.54) is 61.2 Å². The molecule has 2 aromatic rings. The number of nitrogens with zero attached hydrogens (tertiary/aromatic N) is 1. The molecule has 114 valence electrons. The van der Waals surface area contributed by atoms with Gasteiger partial charge in [0.1, 0.15) is 5.01 Å². The summed E-state index contributed by atoms with van der Waals surface area (Å²) in [7, 11) is 0. The maximum absolute atomic E-state index is 5.13. The van der Waals surface area contributed by atoms with Crippen LogP contribution in [0.3, 0.4) is 0 Å². The Morgan fingerprint density at radius 1 is 0.909 bits per heavy atom. The number of rotatable bonds is 2. The summed E-state index contributed by atoms with van der Waals surface area (Å²) in [5, 5.41) is 3.60. The third-order valence-corrected chi connectivity index (χ3v) is 7.31. The lowest BCUT2D eigenvalue weighted by molar-refractivity contribution is 0.0957. The quantitative estimate of drug-likeness (QED) is 0.696. The largest absolute Gasteiger partial charge is 0.241 e. The van der Waals surface area contributed by atoms with E-state index in [2.05, 4.69) is 35.7 Å². The van der Waals surface area contributed by atoms with Crippen molar-refractivity contribution in [2.24, 2.45) is 17.8 Å². The molecule has 4 bridgehead atoms. The zero-order valence-electron chi connectivity index (χ0n) is 13.0. The third kappa shape index (κ3) is 2.07. The minimum atomic E-state index is 0.427. The molecule has 0 aliphatic heterocycles. The molecule has 22 heavy (non-hydrogen) atoms. The van der Waals surface area contributed by atoms with E-state index in [1.54, 1.807) is 0 Å². The van der Waals surface area contributed by atoms with Gasteiger partial charge in [0, 0.05) is 16.4 Å². The Labute approximate surface area is 136 Å². The highest BCUT2D eigenvalue weighted by Gasteiger charge is 2.50. The number of benzene rings is 1. The van der Waals surface area contributed by atoms with Gasteiger partial charge in [-0.2, -0.15) is 0 Å². The molecule has 0 amide bonds. The molecule has 1 aromatic heterocycles. The van der Waals surface area contributed by atoms with Gasteiger partial charge in [-0.1, -0.05) is 43.2 Å². The number of fused-ring (bicyclic) bond motifs is 1. The lowest BCUT2D eigenvalue weighted by Crippen LogP contribution is -2.41. The van der Waals surface area contributed by atoms with Crippen molar-refractivity contribution in [1.82, 2.24) is 4.98 Å². The summed E-state index contributed by atoms with van der Waals surface area (Å²) in [6, 6.07) is 10.7. The van der Waals surface area contributed by atoms with Crippen molar-refractivity contribution in [3.63, 3.8) is 0 Å². The predicted molar refractivity (Wildman–Crippen MR) is 92.0 cm³/mol. The van der Waals surface area contributed by atoms with Crippen LogP contribution in [-0.2, 0) is 5.41 Å². The molecular weight excluding hydrogens is 286 g/mol. The van der Waals surface area contributed by atoms with Gasteiger partial charge in [0.05, 0.1) is 5.69 Å². The van der Waals surface area contributed by atoms with Gasteiger partial charge < -0.3 is 0 Å². The molecule has 4 fully saturated rings. The van der Waals surface area contributed by atoms with Crippen LogP contribution in [0.15, 0.2) is 35.7 Å². The molecule has 2 heteroatoms. The van der Waals surface area contributed by atoms with Crippen molar-refractivity contribution in [3.05, 3.63) is 41.4 Å². The minimum Gasteiger partial charge on any atom is -0.241 e. The average molecular weight is 309 g/mol. The Bertz CT molecular complexity index is 658. The molecule has 1 heterocycles. The highest BCUT2D eigenvalue weighted by atomic mass is 32.1. The van der Waals surface area contributed by atoms with Gasteiger partial charge in [0.15, 0.2) is 0 Å². The monoisotopic (exact) mass is 309 g/mol. The van der Waals surface area contributed by atoms with Gasteiger partial charge in [0.2, 0.25) is 0 Å². The van der Waals surface area contributed by atoms with Crippen LogP contribution in [0.2, 0.25) is 0 Å². The molecule has 0 saturated heterocycles. The molecule has 4 aliphatic rings. The molecule has 2 unspecified atom stereocenters.